The van der Waals surface area contributed by atoms with E-state index in [0.29, 0.717) is 13.0 Å². The Morgan fingerprint density at radius 2 is 1.71 bits per heavy atom. The Morgan fingerprint density at radius 3 is 2.42 bits per heavy atom. The number of rotatable bonds is 6. The molecule has 0 unspecified atom stereocenters. The largest absolute Gasteiger partial charge is 0.488 e. The Balaban J connectivity index is 2.02. The second-order valence-electron chi connectivity index (χ2n) is 5.64. The molecule has 1 atom stereocenters. The number of aliphatic hydroxyl groups is 1. The summed E-state index contributed by atoms with van der Waals surface area (Å²) < 4.78 is 6.97. The number of fused-ring (bicyclic) bond motifs is 1. The van der Waals surface area contributed by atoms with Crippen molar-refractivity contribution in [2.24, 2.45) is 0 Å². The van der Waals surface area contributed by atoms with Crippen LogP contribution in [0.4, 0.5) is 0 Å². The molecule has 0 fully saturated rings. The Morgan fingerprint density at radius 1 is 1.04 bits per heavy atom. The van der Waals surface area contributed by atoms with Gasteiger partial charge < -0.3 is 9.84 Å². The number of hydrogen-bond acceptors (Lipinski definition) is 2. The van der Waals surface area contributed by atoms with E-state index in [0.717, 1.165) is 32.1 Å². The van der Waals surface area contributed by atoms with Crippen LogP contribution in [-0.2, 0) is 6.61 Å². The van der Waals surface area contributed by atoms with Crippen LogP contribution in [-0.4, -0.2) is 5.11 Å². The molecule has 0 saturated heterocycles. The van der Waals surface area contributed by atoms with Crippen molar-refractivity contribution in [3.8, 4) is 5.75 Å². The third-order valence-corrected chi connectivity index (χ3v) is 4.84. The highest BCUT2D eigenvalue weighted by Gasteiger charge is 2.16. The lowest BCUT2D eigenvalue weighted by Gasteiger charge is -2.17. The number of benzene rings is 3. The molecule has 0 saturated carbocycles. The summed E-state index contributed by atoms with van der Waals surface area (Å²) in [6, 6.07) is 20.0. The average Bonchev–Trinajstić information content (AvgIpc) is 2.62. The fourth-order valence-corrected chi connectivity index (χ4v) is 3.43. The second-order valence-corrected chi connectivity index (χ2v) is 6.43. The molecule has 0 radical (unpaired) electrons. The maximum absolute atomic E-state index is 10.4. The maximum atomic E-state index is 10.4. The van der Waals surface area contributed by atoms with Gasteiger partial charge in [-0.3, -0.25) is 0 Å². The Kier molecular flexibility index (Phi) is 5.34. The molecule has 2 nitrogen and oxygen atoms in total. The van der Waals surface area contributed by atoms with Gasteiger partial charge in [-0.15, -0.1) is 6.58 Å². The maximum Gasteiger partial charge on any atom is 0.128 e. The zero-order chi connectivity index (χ0) is 16.9. The third kappa shape index (κ3) is 3.53. The molecule has 0 bridgehead atoms. The molecule has 0 amide bonds. The Hall–Kier alpha value is -2.10. The predicted molar refractivity (Wildman–Crippen MR) is 102 cm³/mol. The zero-order valence-corrected chi connectivity index (χ0v) is 14.9. The van der Waals surface area contributed by atoms with Gasteiger partial charge in [-0.05, 0) is 44.9 Å². The SMILES string of the molecule is C=CC[C@@H](O)c1cc(OCc2ccccc2)c2ccccc2c1Br. The van der Waals surface area contributed by atoms with E-state index in [9.17, 15) is 5.11 Å². The number of ether oxygens (including phenoxy) is 1. The van der Waals surface area contributed by atoms with E-state index in [1.165, 1.54) is 0 Å². The Bertz CT molecular complexity index is 843. The molecule has 3 rings (SSSR count). The predicted octanol–water partition coefficient (Wildman–Crippen LogP) is 5.79. The van der Waals surface area contributed by atoms with Crippen LogP contribution in [0.5, 0.6) is 5.75 Å². The van der Waals surface area contributed by atoms with E-state index < -0.39 is 6.10 Å². The van der Waals surface area contributed by atoms with Crippen molar-refractivity contribution in [2.45, 2.75) is 19.1 Å². The summed E-state index contributed by atoms with van der Waals surface area (Å²) >= 11 is 3.63. The van der Waals surface area contributed by atoms with Crippen molar-refractivity contribution in [3.05, 3.63) is 88.9 Å². The first-order valence-corrected chi connectivity index (χ1v) is 8.67. The lowest BCUT2D eigenvalue weighted by atomic mass is 10.0. The molecule has 0 aliphatic heterocycles. The van der Waals surface area contributed by atoms with Crippen LogP contribution in [0.15, 0.2) is 77.8 Å². The molecule has 3 heteroatoms. The topological polar surface area (TPSA) is 29.5 Å². The number of halogens is 1. The molecule has 0 aliphatic rings. The van der Waals surface area contributed by atoms with Gasteiger partial charge in [-0.25, -0.2) is 0 Å². The van der Waals surface area contributed by atoms with Gasteiger partial charge in [0.25, 0.3) is 0 Å². The molecule has 0 aromatic heterocycles. The third-order valence-electron chi connectivity index (χ3n) is 3.96. The summed E-state index contributed by atoms with van der Waals surface area (Å²) in [6.45, 7) is 4.20. The van der Waals surface area contributed by atoms with E-state index in [2.05, 4.69) is 22.5 Å². The second kappa shape index (κ2) is 7.65. The van der Waals surface area contributed by atoms with E-state index >= 15 is 0 Å². The van der Waals surface area contributed by atoms with Gasteiger partial charge in [0.1, 0.15) is 12.4 Å². The van der Waals surface area contributed by atoms with Crippen molar-refractivity contribution in [1.82, 2.24) is 0 Å². The lowest BCUT2D eigenvalue weighted by molar-refractivity contribution is 0.180. The number of aliphatic hydroxyl groups excluding tert-OH is 1. The summed E-state index contributed by atoms with van der Waals surface area (Å²) in [6.07, 6.45) is 1.60. The lowest BCUT2D eigenvalue weighted by Crippen LogP contribution is -2.01. The van der Waals surface area contributed by atoms with E-state index in [1.807, 2.05) is 60.7 Å². The van der Waals surface area contributed by atoms with E-state index in [-0.39, 0.29) is 0 Å². The molecular weight excluding hydrogens is 364 g/mol. The van der Waals surface area contributed by atoms with Crippen LogP contribution in [0.1, 0.15) is 23.7 Å². The van der Waals surface area contributed by atoms with Gasteiger partial charge in [0.2, 0.25) is 0 Å². The molecule has 1 N–H and O–H groups in total. The summed E-state index contributed by atoms with van der Waals surface area (Å²) in [5.41, 5.74) is 1.93. The van der Waals surface area contributed by atoms with Gasteiger partial charge in [0.15, 0.2) is 0 Å². The minimum absolute atomic E-state index is 0.490. The van der Waals surface area contributed by atoms with Crippen LogP contribution in [0.25, 0.3) is 10.8 Å². The van der Waals surface area contributed by atoms with Crippen molar-refractivity contribution < 1.29 is 9.84 Å². The van der Waals surface area contributed by atoms with E-state index in [4.69, 9.17) is 4.74 Å². The highest BCUT2D eigenvalue weighted by atomic mass is 79.9. The van der Waals surface area contributed by atoms with Crippen LogP contribution >= 0.6 is 15.9 Å². The fraction of sp³-hybridized carbons (Fsp3) is 0.143. The molecule has 24 heavy (non-hydrogen) atoms. The minimum Gasteiger partial charge on any atom is -0.488 e. The smallest absolute Gasteiger partial charge is 0.128 e. The normalized spacial score (nSPS) is 12.1. The minimum atomic E-state index is -0.611. The zero-order valence-electron chi connectivity index (χ0n) is 13.3. The van der Waals surface area contributed by atoms with Crippen molar-refractivity contribution in [3.63, 3.8) is 0 Å². The molecule has 0 heterocycles. The molecule has 0 spiro atoms. The molecule has 3 aromatic carbocycles. The van der Waals surface area contributed by atoms with E-state index in [1.54, 1.807) is 6.08 Å². The van der Waals surface area contributed by atoms with Crippen LogP contribution in [0.2, 0.25) is 0 Å². The monoisotopic (exact) mass is 382 g/mol. The standard InChI is InChI=1S/C21H19BrO2/c1-2-8-19(23)18-13-20(24-14-15-9-4-3-5-10-15)16-11-6-7-12-17(16)21(18)22/h2-7,9-13,19,23H,1,8,14H2/t19-/m1/s1. The molecular formula is C21H19BrO2. The number of hydrogen-bond donors (Lipinski definition) is 1. The average molecular weight is 383 g/mol. The van der Waals surface area contributed by atoms with Gasteiger partial charge in [-0.1, -0.05) is 60.7 Å². The van der Waals surface area contributed by atoms with Gasteiger partial charge >= 0.3 is 0 Å². The Labute approximate surface area is 150 Å². The van der Waals surface area contributed by atoms with Crippen molar-refractivity contribution in [2.75, 3.05) is 0 Å². The van der Waals surface area contributed by atoms with Gasteiger partial charge in [0.05, 0.1) is 6.10 Å². The van der Waals surface area contributed by atoms with Crippen LogP contribution in [0.3, 0.4) is 0 Å². The molecule has 122 valence electrons. The van der Waals surface area contributed by atoms with Crippen LogP contribution in [0, 0.1) is 0 Å². The van der Waals surface area contributed by atoms with Gasteiger partial charge in [-0.2, -0.15) is 0 Å². The first kappa shape index (κ1) is 16.7. The fourth-order valence-electron chi connectivity index (χ4n) is 2.71. The highest BCUT2D eigenvalue weighted by molar-refractivity contribution is 9.10. The quantitative estimate of drug-likeness (QED) is 0.546. The summed E-state index contributed by atoms with van der Waals surface area (Å²) in [7, 11) is 0. The summed E-state index contributed by atoms with van der Waals surface area (Å²) in [5.74, 6) is 0.774. The first-order chi connectivity index (χ1) is 11.7. The van der Waals surface area contributed by atoms with Crippen LogP contribution < -0.4 is 4.74 Å². The van der Waals surface area contributed by atoms with Crippen molar-refractivity contribution in [1.29, 1.82) is 0 Å². The first-order valence-electron chi connectivity index (χ1n) is 7.87. The van der Waals surface area contributed by atoms with Crippen molar-refractivity contribution >= 4 is 26.7 Å². The molecule has 3 aromatic rings. The van der Waals surface area contributed by atoms with Gasteiger partial charge in [0, 0.05) is 9.86 Å². The summed E-state index contributed by atoms with van der Waals surface area (Å²) in [4.78, 5) is 0. The summed E-state index contributed by atoms with van der Waals surface area (Å²) in [5, 5.41) is 12.5. The molecule has 0 aliphatic carbocycles. The highest BCUT2D eigenvalue weighted by Crippen LogP contribution is 2.38.